The molecule has 0 fully saturated rings. The Kier molecular flexibility index (Phi) is 4.47. The van der Waals surface area contributed by atoms with Crippen molar-refractivity contribution in [2.45, 2.75) is 27.7 Å². The van der Waals surface area contributed by atoms with E-state index >= 15 is 0 Å². The first-order valence-corrected chi connectivity index (χ1v) is 7.93. The Hall–Kier alpha value is -3.22. The van der Waals surface area contributed by atoms with E-state index in [1.807, 2.05) is 52.0 Å². The lowest BCUT2D eigenvalue weighted by molar-refractivity contribution is 0.262. The number of rotatable bonds is 3. The fourth-order valence-electron chi connectivity index (χ4n) is 2.49. The van der Waals surface area contributed by atoms with Crippen LogP contribution in [0.25, 0.3) is 5.82 Å². The van der Waals surface area contributed by atoms with Crippen LogP contribution in [-0.4, -0.2) is 25.8 Å². The third-order valence-electron chi connectivity index (χ3n) is 3.89. The van der Waals surface area contributed by atoms with Crippen molar-refractivity contribution in [3.63, 3.8) is 0 Å². The predicted octanol–water partition coefficient (Wildman–Crippen LogP) is 3.54. The number of aromatic nitrogens is 4. The Labute approximate surface area is 146 Å². The second kappa shape index (κ2) is 6.72. The molecule has 7 heteroatoms. The molecule has 2 amide bonds. The second-order valence-electron chi connectivity index (χ2n) is 5.98. The molecule has 2 N–H and O–H groups in total. The number of benzene rings is 1. The van der Waals surface area contributed by atoms with E-state index in [1.165, 1.54) is 11.9 Å². The van der Waals surface area contributed by atoms with Crippen LogP contribution in [0.3, 0.4) is 0 Å². The Balaban J connectivity index is 1.74. The summed E-state index contributed by atoms with van der Waals surface area (Å²) in [5, 5.41) is 9.90. The van der Waals surface area contributed by atoms with Gasteiger partial charge >= 0.3 is 6.03 Å². The molecular formula is C18H20N6O. The van der Waals surface area contributed by atoms with Gasteiger partial charge in [-0.05, 0) is 57.0 Å². The van der Waals surface area contributed by atoms with Crippen molar-refractivity contribution in [2.24, 2.45) is 0 Å². The van der Waals surface area contributed by atoms with Gasteiger partial charge in [0.2, 0.25) is 0 Å². The molecule has 0 saturated heterocycles. The molecule has 0 saturated carbocycles. The molecule has 2 aromatic heterocycles. The standard InChI is InChI=1S/C18H20N6O/c1-11-5-6-15(7-12(11)2)21-18(25)22-16-9-17(20-10-19-16)24-14(4)8-13(3)23-24/h5-10H,1-4H3,(H2,19,20,21,22,25). The fraction of sp³-hybridized carbons (Fsp3) is 0.222. The van der Waals surface area contributed by atoms with E-state index in [2.05, 4.69) is 25.7 Å². The van der Waals surface area contributed by atoms with E-state index in [0.717, 1.165) is 22.6 Å². The van der Waals surface area contributed by atoms with Gasteiger partial charge in [0.25, 0.3) is 0 Å². The molecule has 0 atom stereocenters. The number of nitrogens with zero attached hydrogens (tertiary/aromatic N) is 4. The molecule has 2 heterocycles. The highest BCUT2D eigenvalue weighted by molar-refractivity contribution is 5.99. The van der Waals surface area contributed by atoms with Gasteiger partial charge in [-0.2, -0.15) is 5.10 Å². The van der Waals surface area contributed by atoms with Crippen molar-refractivity contribution >= 4 is 17.5 Å². The van der Waals surface area contributed by atoms with E-state index in [1.54, 1.807) is 10.7 Å². The van der Waals surface area contributed by atoms with Crippen molar-refractivity contribution in [3.8, 4) is 5.82 Å². The van der Waals surface area contributed by atoms with Crippen LogP contribution in [0.2, 0.25) is 0 Å². The molecule has 7 nitrogen and oxygen atoms in total. The van der Waals surface area contributed by atoms with Gasteiger partial charge in [-0.3, -0.25) is 5.32 Å². The summed E-state index contributed by atoms with van der Waals surface area (Å²) in [6, 6.07) is 9.04. The van der Waals surface area contributed by atoms with Crippen LogP contribution in [0.4, 0.5) is 16.3 Å². The lowest BCUT2D eigenvalue weighted by Crippen LogP contribution is -2.20. The first-order valence-electron chi connectivity index (χ1n) is 7.93. The van der Waals surface area contributed by atoms with Crippen LogP contribution in [0, 0.1) is 27.7 Å². The van der Waals surface area contributed by atoms with Gasteiger partial charge in [0.05, 0.1) is 5.69 Å². The van der Waals surface area contributed by atoms with Gasteiger partial charge in [0.1, 0.15) is 12.1 Å². The molecule has 3 aromatic rings. The molecule has 0 bridgehead atoms. The summed E-state index contributed by atoms with van der Waals surface area (Å²) in [4.78, 5) is 20.5. The minimum Gasteiger partial charge on any atom is -0.308 e. The van der Waals surface area contributed by atoms with Crippen LogP contribution in [0.1, 0.15) is 22.5 Å². The first-order chi connectivity index (χ1) is 11.9. The predicted molar refractivity (Wildman–Crippen MR) is 97.2 cm³/mol. The summed E-state index contributed by atoms with van der Waals surface area (Å²) < 4.78 is 1.71. The van der Waals surface area contributed by atoms with Gasteiger partial charge in [-0.15, -0.1) is 0 Å². The highest BCUT2D eigenvalue weighted by Crippen LogP contribution is 2.15. The summed E-state index contributed by atoms with van der Waals surface area (Å²) in [6.45, 7) is 7.90. The molecule has 0 unspecified atom stereocenters. The van der Waals surface area contributed by atoms with Crippen molar-refractivity contribution in [2.75, 3.05) is 10.6 Å². The number of nitrogens with one attached hydrogen (secondary N) is 2. The SMILES string of the molecule is Cc1cc(C)n(-c2cc(NC(=O)Nc3ccc(C)c(C)c3)ncn2)n1. The molecular weight excluding hydrogens is 316 g/mol. The van der Waals surface area contributed by atoms with Gasteiger partial charge in [0, 0.05) is 17.4 Å². The highest BCUT2D eigenvalue weighted by atomic mass is 16.2. The van der Waals surface area contributed by atoms with Crippen molar-refractivity contribution in [1.82, 2.24) is 19.7 Å². The Bertz CT molecular complexity index is 931. The zero-order valence-electron chi connectivity index (χ0n) is 14.7. The summed E-state index contributed by atoms with van der Waals surface area (Å²) in [5.74, 6) is 1.00. The lowest BCUT2D eigenvalue weighted by atomic mass is 10.1. The minimum absolute atomic E-state index is 0.360. The van der Waals surface area contributed by atoms with E-state index in [-0.39, 0.29) is 6.03 Å². The maximum Gasteiger partial charge on any atom is 0.324 e. The average molecular weight is 336 g/mol. The van der Waals surface area contributed by atoms with Crippen LogP contribution in [-0.2, 0) is 0 Å². The average Bonchev–Trinajstić information content (AvgIpc) is 2.90. The monoisotopic (exact) mass is 336 g/mol. The topological polar surface area (TPSA) is 84.7 Å². The van der Waals surface area contributed by atoms with Crippen molar-refractivity contribution in [1.29, 1.82) is 0 Å². The molecule has 3 rings (SSSR count). The Morgan fingerprint density at radius 2 is 1.76 bits per heavy atom. The van der Waals surface area contributed by atoms with Gasteiger partial charge < -0.3 is 5.32 Å². The van der Waals surface area contributed by atoms with Crippen molar-refractivity contribution < 1.29 is 4.79 Å². The van der Waals surface area contributed by atoms with E-state index in [9.17, 15) is 4.79 Å². The van der Waals surface area contributed by atoms with Crippen LogP contribution >= 0.6 is 0 Å². The van der Waals surface area contributed by atoms with Gasteiger partial charge in [-0.1, -0.05) is 6.07 Å². The maximum absolute atomic E-state index is 12.2. The van der Waals surface area contributed by atoms with Crippen LogP contribution < -0.4 is 10.6 Å². The number of carbonyl (C=O) groups excluding carboxylic acids is 1. The van der Waals surface area contributed by atoms with Gasteiger partial charge in [-0.25, -0.2) is 19.4 Å². The van der Waals surface area contributed by atoms with E-state index in [0.29, 0.717) is 11.6 Å². The number of hydrogen-bond donors (Lipinski definition) is 2. The molecule has 0 spiro atoms. The smallest absolute Gasteiger partial charge is 0.308 e. The molecule has 0 radical (unpaired) electrons. The summed E-state index contributed by atoms with van der Waals surface area (Å²) in [7, 11) is 0. The molecule has 0 aliphatic carbocycles. The third-order valence-corrected chi connectivity index (χ3v) is 3.89. The Morgan fingerprint density at radius 1 is 0.960 bits per heavy atom. The highest BCUT2D eigenvalue weighted by Gasteiger charge is 2.09. The van der Waals surface area contributed by atoms with E-state index in [4.69, 9.17) is 0 Å². The normalized spacial score (nSPS) is 10.6. The third kappa shape index (κ3) is 3.82. The number of hydrogen-bond acceptors (Lipinski definition) is 4. The number of anilines is 2. The largest absolute Gasteiger partial charge is 0.324 e. The van der Waals surface area contributed by atoms with Crippen LogP contribution in [0.5, 0.6) is 0 Å². The molecule has 25 heavy (non-hydrogen) atoms. The molecule has 0 aliphatic rings. The van der Waals surface area contributed by atoms with Gasteiger partial charge in [0.15, 0.2) is 5.82 Å². The maximum atomic E-state index is 12.2. The minimum atomic E-state index is -0.360. The number of aryl methyl sites for hydroxylation is 4. The molecule has 128 valence electrons. The molecule has 0 aliphatic heterocycles. The van der Waals surface area contributed by atoms with Crippen molar-refractivity contribution in [3.05, 3.63) is 59.2 Å². The number of carbonyl (C=O) groups is 1. The number of urea groups is 1. The summed E-state index contributed by atoms with van der Waals surface area (Å²) in [5.41, 5.74) is 4.89. The van der Waals surface area contributed by atoms with E-state index < -0.39 is 0 Å². The second-order valence-corrected chi connectivity index (χ2v) is 5.98. The lowest BCUT2D eigenvalue weighted by Gasteiger charge is -2.10. The Morgan fingerprint density at radius 3 is 2.44 bits per heavy atom. The quantitative estimate of drug-likeness (QED) is 0.766. The molecule has 1 aromatic carbocycles. The zero-order chi connectivity index (χ0) is 18.0. The zero-order valence-corrected chi connectivity index (χ0v) is 14.7. The fourth-order valence-corrected chi connectivity index (χ4v) is 2.49. The van der Waals surface area contributed by atoms with Crippen LogP contribution in [0.15, 0.2) is 36.7 Å². The number of amides is 2. The summed E-state index contributed by atoms with van der Waals surface area (Å²) in [6.07, 6.45) is 1.40. The summed E-state index contributed by atoms with van der Waals surface area (Å²) >= 11 is 0. The first kappa shape index (κ1) is 16.6.